The van der Waals surface area contributed by atoms with E-state index in [0.717, 1.165) is 5.69 Å². The number of aromatic amines is 1. The molecule has 4 rings (SSSR count). The van der Waals surface area contributed by atoms with Gasteiger partial charge in [0, 0.05) is 57.2 Å². The summed E-state index contributed by atoms with van der Waals surface area (Å²) in [5.41, 5.74) is 0.438. The summed E-state index contributed by atoms with van der Waals surface area (Å²) in [6, 6.07) is 3.67. The number of carbonyl (C=O) groups is 2. The maximum atomic E-state index is 14.0. The number of hydrogen-bond donors (Lipinski definition) is 2. The summed E-state index contributed by atoms with van der Waals surface area (Å²) in [5.74, 6) is -7.94. The van der Waals surface area contributed by atoms with Crippen LogP contribution in [0.25, 0.3) is 0 Å². The molecule has 12 heteroatoms. The smallest absolute Gasteiger partial charge is 0.257 e. The fraction of sp³-hybridized carbons (Fsp3) is 0.273. The highest BCUT2D eigenvalue weighted by Gasteiger charge is 2.28. The van der Waals surface area contributed by atoms with E-state index < -0.39 is 34.7 Å². The Labute approximate surface area is 191 Å². The molecule has 0 spiro atoms. The van der Waals surface area contributed by atoms with Crippen LogP contribution in [0, 0.1) is 23.3 Å². The average Bonchev–Trinajstić information content (AvgIpc) is 3.38. The molecule has 2 N–H and O–H groups in total. The Hall–Kier alpha value is -3.96. The standard InChI is InChI=1S/C22H20F4N6O2/c23-16-9-15(18(24)20(26)19(16)25)22(34)32-7-5-31(6-8-32)17-2-1-13(10-29-17)21(33)28-4-3-14-11-27-12-30-14/h1-2,9-12H,3-8H2,(H,27,30)(H,28,33). The molecule has 178 valence electrons. The number of amides is 2. The fourth-order valence-electron chi connectivity index (χ4n) is 3.58. The van der Waals surface area contributed by atoms with Crippen LogP contribution in [0.2, 0.25) is 0 Å². The van der Waals surface area contributed by atoms with Gasteiger partial charge in [-0.3, -0.25) is 9.59 Å². The molecule has 1 saturated heterocycles. The van der Waals surface area contributed by atoms with Crippen LogP contribution >= 0.6 is 0 Å². The normalized spacial score (nSPS) is 13.8. The number of nitrogens with zero attached hydrogens (tertiary/aromatic N) is 4. The number of imidazole rings is 1. The van der Waals surface area contributed by atoms with Crippen LogP contribution in [0.15, 0.2) is 36.9 Å². The highest BCUT2D eigenvalue weighted by atomic mass is 19.2. The van der Waals surface area contributed by atoms with Crippen LogP contribution in [0.4, 0.5) is 23.4 Å². The largest absolute Gasteiger partial charge is 0.353 e. The van der Waals surface area contributed by atoms with Crippen molar-refractivity contribution in [3.63, 3.8) is 0 Å². The van der Waals surface area contributed by atoms with Crippen molar-refractivity contribution >= 4 is 17.6 Å². The van der Waals surface area contributed by atoms with E-state index in [2.05, 4.69) is 20.3 Å². The second kappa shape index (κ2) is 9.89. The third-order valence-corrected chi connectivity index (χ3v) is 5.47. The summed E-state index contributed by atoms with van der Waals surface area (Å²) >= 11 is 0. The van der Waals surface area contributed by atoms with Crippen LogP contribution in [0.3, 0.4) is 0 Å². The Kier molecular flexibility index (Phi) is 6.75. The summed E-state index contributed by atoms with van der Waals surface area (Å²) in [5, 5.41) is 2.79. The van der Waals surface area contributed by atoms with E-state index in [1.807, 2.05) is 4.90 Å². The molecule has 0 saturated carbocycles. The molecule has 8 nitrogen and oxygen atoms in total. The third-order valence-electron chi connectivity index (χ3n) is 5.47. The molecular formula is C22H20F4N6O2. The Morgan fingerprint density at radius 3 is 2.41 bits per heavy atom. The Morgan fingerprint density at radius 2 is 1.76 bits per heavy atom. The molecule has 1 aliphatic heterocycles. The van der Waals surface area contributed by atoms with E-state index in [9.17, 15) is 27.2 Å². The highest BCUT2D eigenvalue weighted by molar-refractivity contribution is 5.95. The summed E-state index contributed by atoms with van der Waals surface area (Å²) in [6.45, 7) is 1.35. The van der Waals surface area contributed by atoms with Crippen LogP contribution in [0.1, 0.15) is 26.4 Å². The summed E-state index contributed by atoms with van der Waals surface area (Å²) in [6.07, 6.45) is 5.30. The van der Waals surface area contributed by atoms with Crippen LogP contribution in [-0.2, 0) is 6.42 Å². The van der Waals surface area contributed by atoms with Crippen molar-refractivity contribution in [1.82, 2.24) is 25.2 Å². The van der Waals surface area contributed by atoms with Gasteiger partial charge in [0.1, 0.15) is 5.82 Å². The third kappa shape index (κ3) is 4.85. The zero-order chi connectivity index (χ0) is 24.2. The predicted molar refractivity (Wildman–Crippen MR) is 113 cm³/mol. The molecule has 1 aliphatic rings. The molecule has 3 aromatic rings. The molecule has 0 radical (unpaired) electrons. The number of piperazine rings is 1. The summed E-state index contributed by atoms with van der Waals surface area (Å²) < 4.78 is 54.0. The number of pyridine rings is 1. The number of halogens is 4. The number of benzene rings is 1. The minimum Gasteiger partial charge on any atom is -0.353 e. The maximum absolute atomic E-state index is 14.0. The molecule has 0 aliphatic carbocycles. The van der Waals surface area contributed by atoms with Gasteiger partial charge in [-0.2, -0.15) is 0 Å². The fourth-order valence-corrected chi connectivity index (χ4v) is 3.58. The lowest BCUT2D eigenvalue weighted by molar-refractivity contribution is 0.0739. The van der Waals surface area contributed by atoms with Gasteiger partial charge in [0.05, 0.1) is 17.5 Å². The minimum absolute atomic E-state index is 0.135. The van der Waals surface area contributed by atoms with Crippen molar-refractivity contribution in [3.05, 3.63) is 77.0 Å². The first-order valence-corrected chi connectivity index (χ1v) is 10.4. The van der Waals surface area contributed by atoms with Gasteiger partial charge in [-0.15, -0.1) is 0 Å². The van der Waals surface area contributed by atoms with Crippen molar-refractivity contribution in [2.24, 2.45) is 0 Å². The molecular weight excluding hydrogens is 456 g/mol. The van der Waals surface area contributed by atoms with Crippen molar-refractivity contribution in [1.29, 1.82) is 0 Å². The van der Waals surface area contributed by atoms with Gasteiger partial charge in [0.25, 0.3) is 11.8 Å². The molecule has 3 heterocycles. The molecule has 0 unspecified atom stereocenters. The SMILES string of the molecule is O=C(NCCc1cnc[nH]1)c1ccc(N2CCN(C(=O)c3cc(F)c(F)c(F)c3F)CC2)nc1. The van der Waals surface area contributed by atoms with Gasteiger partial charge in [-0.1, -0.05) is 0 Å². The minimum atomic E-state index is -2.02. The van der Waals surface area contributed by atoms with E-state index >= 15 is 0 Å². The molecule has 0 bridgehead atoms. The first-order valence-electron chi connectivity index (χ1n) is 10.4. The molecule has 2 amide bonds. The second-order valence-corrected chi connectivity index (χ2v) is 7.61. The lowest BCUT2D eigenvalue weighted by atomic mass is 10.1. The first-order chi connectivity index (χ1) is 16.3. The quantitative estimate of drug-likeness (QED) is 0.324. The highest BCUT2D eigenvalue weighted by Crippen LogP contribution is 2.21. The second-order valence-electron chi connectivity index (χ2n) is 7.61. The Balaban J connectivity index is 1.32. The van der Waals surface area contributed by atoms with Gasteiger partial charge in [-0.25, -0.2) is 27.5 Å². The predicted octanol–water partition coefficient (Wildman–Crippen LogP) is 2.30. The monoisotopic (exact) mass is 476 g/mol. The van der Waals surface area contributed by atoms with Crippen molar-refractivity contribution in [2.45, 2.75) is 6.42 Å². The van der Waals surface area contributed by atoms with Crippen molar-refractivity contribution < 1.29 is 27.2 Å². The van der Waals surface area contributed by atoms with Gasteiger partial charge in [0.15, 0.2) is 23.3 Å². The lowest BCUT2D eigenvalue weighted by Gasteiger charge is -2.35. The molecule has 1 fully saturated rings. The number of hydrogen-bond acceptors (Lipinski definition) is 5. The van der Waals surface area contributed by atoms with Crippen LogP contribution < -0.4 is 10.2 Å². The molecule has 0 atom stereocenters. The first kappa shape index (κ1) is 23.2. The molecule has 34 heavy (non-hydrogen) atoms. The molecule has 2 aromatic heterocycles. The number of anilines is 1. The van der Waals surface area contributed by atoms with Gasteiger partial charge in [-0.05, 0) is 18.2 Å². The maximum Gasteiger partial charge on any atom is 0.257 e. The van der Waals surface area contributed by atoms with Crippen molar-refractivity contribution in [2.75, 3.05) is 37.6 Å². The van der Waals surface area contributed by atoms with E-state index in [1.165, 1.54) is 11.1 Å². The number of aromatic nitrogens is 3. The van der Waals surface area contributed by atoms with Crippen LogP contribution in [0.5, 0.6) is 0 Å². The Morgan fingerprint density at radius 1 is 1.00 bits per heavy atom. The van der Waals surface area contributed by atoms with Gasteiger partial charge >= 0.3 is 0 Å². The van der Waals surface area contributed by atoms with E-state index in [-0.39, 0.29) is 19.0 Å². The number of rotatable bonds is 6. The lowest BCUT2D eigenvalue weighted by Crippen LogP contribution is -2.49. The zero-order valence-corrected chi connectivity index (χ0v) is 17.8. The number of H-pyrrole nitrogens is 1. The van der Waals surface area contributed by atoms with Crippen molar-refractivity contribution in [3.8, 4) is 0 Å². The average molecular weight is 476 g/mol. The summed E-state index contributed by atoms with van der Waals surface area (Å²) in [7, 11) is 0. The Bertz CT molecular complexity index is 1180. The van der Waals surface area contributed by atoms with Gasteiger partial charge in [0.2, 0.25) is 0 Å². The van der Waals surface area contributed by atoms with E-state index in [4.69, 9.17) is 0 Å². The number of carbonyl (C=O) groups excluding carboxylic acids is 2. The van der Waals surface area contributed by atoms with Gasteiger partial charge < -0.3 is 20.1 Å². The summed E-state index contributed by atoms with van der Waals surface area (Å²) in [4.78, 5) is 39.0. The zero-order valence-electron chi connectivity index (χ0n) is 17.8. The topological polar surface area (TPSA) is 94.2 Å². The molecule has 1 aromatic carbocycles. The van der Waals surface area contributed by atoms with E-state index in [0.29, 0.717) is 43.5 Å². The van der Waals surface area contributed by atoms with Crippen LogP contribution in [-0.4, -0.2) is 64.4 Å². The van der Waals surface area contributed by atoms with E-state index in [1.54, 1.807) is 24.7 Å². The number of nitrogens with one attached hydrogen (secondary N) is 2.